The first-order valence-corrected chi connectivity index (χ1v) is 8.71. The van der Waals surface area contributed by atoms with Gasteiger partial charge in [-0.3, -0.25) is 9.98 Å². The van der Waals surface area contributed by atoms with Gasteiger partial charge in [-0.05, 0) is 48.5 Å². The first kappa shape index (κ1) is 16.5. The molecule has 5 nitrogen and oxygen atoms in total. The lowest BCUT2D eigenvalue weighted by molar-refractivity contribution is 0.414. The van der Waals surface area contributed by atoms with E-state index in [9.17, 15) is 0 Å². The minimum atomic E-state index is 0.567. The number of hydrogen-bond donors (Lipinski definition) is 0. The number of benzene rings is 2. The van der Waals surface area contributed by atoms with E-state index in [0.29, 0.717) is 5.89 Å². The maximum atomic E-state index is 5.81. The molecule has 0 atom stereocenters. The van der Waals surface area contributed by atoms with E-state index < -0.39 is 0 Å². The van der Waals surface area contributed by atoms with Gasteiger partial charge in [0.05, 0.1) is 12.8 Å². The van der Waals surface area contributed by atoms with E-state index in [4.69, 9.17) is 9.15 Å². The Morgan fingerprint density at radius 3 is 2.73 bits per heavy atom. The molecule has 0 aliphatic carbocycles. The van der Waals surface area contributed by atoms with Gasteiger partial charge in [0.2, 0.25) is 5.89 Å². The van der Waals surface area contributed by atoms with Crippen LogP contribution in [0.1, 0.15) is 5.56 Å². The topological polar surface area (TPSA) is 60.5 Å². The fourth-order valence-corrected chi connectivity index (χ4v) is 2.94. The van der Waals surface area contributed by atoms with Crippen molar-refractivity contribution in [1.82, 2.24) is 9.97 Å². The second-order valence-electron chi connectivity index (χ2n) is 5.55. The Balaban J connectivity index is 1.67. The van der Waals surface area contributed by atoms with E-state index in [0.717, 1.165) is 38.1 Å². The number of oxazole rings is 1. The molecule has 2 aromatic carbocycles. The van der Waals surface area contributed by atoms with Crippen LogP contribution in [0.15, 0.2) is 74.8 Å². The number of methoxy groups -OCH3 is 1. The summed E-state index contributed by atoms with van der Waals surface area (Å²) < 4.78 is 12.1. The van der Waals surface area contributed by atoms with E-state index in [-0.39, 0.29) is 0 Å². The summed E-state index contributed by atoms with van der Waals surface area (Å²) >= 11 is 3.47. The number of nitrogens with zero attached hydrogens (tertiary/aromatic N) is 3. The van der Waals surface area contributed by atoms with Crippen LogP contribution in [0, 0.1) is 0 Å². The summed E-state index contributed by atoms with van der Waals surface area (Å²) in [7, 11) is 1.64. The Morgan fingerprint density at radius 1 is 1.08 bits per heavy atom. The lowest BCUT2D eigenvalue weighted by Gasteiger charge is -2.04. The molecule has 4 aromatic rings. The number of hydrogen-bond acceptors (Lipinski definition) is 5. The van der Waals surface area contributed by atoms with Crippen LogP contribution in [-0.2, 0) is 0 Å². The third kappa shape index (κ3) is 3.36. The Kier molecular flexibility index (Phi) is 4.50. The molecule has 0 aliphatic heterocycles. The normalized spacial score (nSPS) is 11.3. The summed E-state index contributed by atoms with van der Waals surface area (Å²) in [6.45, 7) is 0. The van der Waals surface area contributed by atoms with Crippen LogP contribution in [0.25, 0.3) is 22.6 Å². The predicted octanol–water partition coefficient (Wildman–Crippen LogP) is 5.41. The van der Waals surface area contributed by atoms with E-state index in [1.165, 1.54) is 0 Å². The molecule has 0 saturated carbocycles. The summed E-state index contributed by atoms with van der Waals surface area (Å²) in [4.78, 5) is 13.1. The molecule has 0 radical (unpaired) electrons. The number of ether oxygens (including phenoxy) is 1. The lowest BCUT2D eigenvalue weighted by atomic mass is 10.2. The zero-order chi connectivity index (χ0) is 17.9. The summed E-state index contributed by atoms with van der Waals surface area (Å²) in [5, 5.41) is 0. The van der Waals surface area contributed by atoms with Crippen molar-refractivity contribution in [2.45, 2.75) is 0 Å². The van der Waals surface area contributed by atoms with Crippen molar-refractivity contribution >= 4 is 38.9 Å². The molecule has 26 heavy (non-hydrogen) atoms. The Hall–Kier alpha value is -2.99. The molecule has 0 aliphatic rings. The molecule has 4 rings (SSSR count). The molecule has 0 bridgehead atoms. The van der Waals surface area contributed by atoms with Gasteiger partial charge in [-0.15, -0.1) is 0 Å². The number of aliphatic imine (C=N–C) groups is 1. The third-order valence-electron chi connectivity index (χ3n) is 3.84. The highest BCUT2D eigenvalue weighted by atomic mass is 79.9. The molecule has 0 spiro atoms. The van der Waals surface area contributed by atoms with Crippen molar-refractivity contribution in [3.8, 4) is 17.2 Å². The van der Waals surface area contributed by atoms with Crippen molar-refractivity contribution in [3.05, 3.63) is 71.0 Å². The standard InChI is InChI=1S/C20H14BrN3O2/c1-25-18-4-2-15(21)10-14(18)12-23-16-3-5-19-17(11-16)24-20(26-19)13-6-8-22-9-7-13/h2-12H,1H3. The largest absolute Gasteiger partial charge is 0.496 e. The smallest absolute Gasteiger partial charge is 0.227 e. The molecule has 128 valence electrons. The number of pyridine rings is 1. The van der Waals surface area contributed by atoms with Gasteiger partial charge >= 0.3 is 0 Å². The van der Waals surface area contributed by atoms with Gasteiger partial charge in [-0.1, -0.05) is 15.9 Å². The van der Waals surface area contributed by atoms with Gasteiger partial charge in [0.25, 0.3) is 0 Å². The number of halogens is 1. The highest BCUT2D eigenvalue weighted by molar-refractivity contribution is 9.10. The van der Waals surface area contributed by atoms with Crippen LogP contribution in [-0.4, -0.2) is 23.3 Å². The number of aromatic nitrogens is 2. The third-order valence-corrected chi connectivity index (χ3v) is 4.34. The van der Waals surface area contributed by atoms with Crippen molar-refractivity contribution in [1.29, 1.82) is 0 Å². The van der Waals surface area contributed by atoms with E-state index in [1.807, 2.05) is 48.5 Å². The molecule has 0 amide bonds. The SMILES string of the molecule is COc1ccc(Br)cc1C=Nc1ccc2oc(-c3ccncc3)nc2c1. The van der Waals surface area contributed by atoms with Crippen molar-refractivity contribution < 1.29 is 9.15 Å². The molecule has 0 N–H and O–H groups in total. The highest BCUT2D eigenvalue weighted by Gasteiger charge is 2.08. The first-order chi connectivity index (χ1) is 12.7. The van der Waals surface area contributed by atoms with Crippen LogP contribution in [0.2, 0.25) is 0 Å². The Bertz CT molecular complexity index is 1090. The monoisotopic (exact) mass is 407 g/mol. The zero-order valence-electron chi connectivity index (χ0n) is 13.9. The Morgan fingerprint density at radius 2 is 1.92 bits per heavy atom. The van der Waals surface area contributed by atoms with Gasteiger partial charge in [-0.2, -0.15) is 0 Å². The quantitative estimate of drug-likeness (QED) is 0.424. The summed E-state index contributed by atoms with van der Waals surface area (Å²) in [6, 6.07) is 15.2. The predicted molar refractivity (Wildman–Crippen MR) is 105 cm³/mol. The van der Waals surface area contributed by atoms with Crippen LogP contribution >= 0.6 is 15.9 Å². The summed E-state index contributed by atoms with van der Waals surface area (Å²) in [6.07, 6.45) is 5.20. The zero-order valence-corrected chi connectivity index (χ0v) is 15.5. The Labute approximate surface area is 158 Å². The molecule has 2 heterocycles. The average molecular weight is 408 g/mol. The van der Waals surface area contributed by atoms with Crippen LogP contribution in [0.4, 0.5) is 5.69 Å². The molecular formula is C20H14BrN3O2. The number of rotatable bonds is 4. The summed E-state index contributed by atoms with van der Waals surface area (Å²) in [5.74, 6) is 1.33. The second kappa shape index (κ2) is 7.09. The van der Waals surface area contributed by atoms with Crippen LogP contribution in [0.3, 0.4) is 0 Å². The second-order valence-corrected chi connectivity index (χ2v) is 6.47. The molecule has 0 unspecified atom stereocenters. The number of fused-ring (bicyclic) bond motifs is 1. The van der Waals surface area contributed by atoms with Gasteiger partial charge in [-0.25, -0.2) is 4.98 Å². The van der Waals surface area contributed by atoms with Crippen LogP contribution < -0.4 is 4.74 Å². The van der Waals surface area contributed by atoms with Crippen molar-refractivity contribution in [2.24, 2.45) is 4.99 Å². The van der Waals surface area contributed by atoms with E-state index in [2.05, 4.69) is 30.9 Å². The van der Waals surface area contributed by atoms with E-state index >= 15 is 0 Å². The minimum absolute atomic E-state index is 0.567. The van der Waals surface area contributed by atoms with Crippen molar-refractivity contribution in [3.63, 3.8) is 0 Å². The van der Waals surface area contributed by atoms with Gasteiger partial charge in [0.1, 0.15) is 11.3 Å². The van der Waals surface area contributed by atoms with Gasteiger partial charge < -0.3 is 9.15 Å². The minimum Gasteiger partial charge on any atom is -0.496 e. The molecule has 0 saturated heterocycles. The van der Waals surface area contributed by atoms with Gasteiger partial charge in [0, 0.05) is 34.2 Å². The fraction of sp³-hybridized carbons (Fsp3) is 0.0500. The van der Waals surface area contributed by atoms with Gasteiger partial charge in [0.15, 0.2) is 5.58 Å². The molecule has 0 fully saturated rings. The van der Waals surface area contributed by atoms with Crippen molar-refractivity contribution in [2.75, 3.05) is 7.11 Å². The fourth-order valence-electron chi connectivity index (χ4n) is 2.56. The maximum Gasteiger partial charge on any atom is 0.227 e. The maximum absolute atomic E-state index is 5.81. The highest BCUT2D eigenvalue weighted by Crippen LogP contribution is 2.27. The average Bonchev–Trinajstić information content (AvgIpc) is 3.10. The summed E-state index contributed by atoms with van der Waals surface area (Å²) in [5.41, 5.74) is 4.04. The molecular weight excluding hydrogens is 394 g/mol. The molecule has 6 heteroatoms. The molecule has 2 aromatic heterocycles. The van der Waals surface area contributed by atoms with E-state index in [1.54, 1.807) is 25.7 Å². The van der Waals surface area contributed by atoms with Crippen LogP contribution in [0.5, 0.6) is 5.75 Å². The lowest BCUT2D eigenvalue weighted by Crippen LogP contribution is -1.90. The first-order valence-electron chi connectivity index (χ1n) is 7.91.